The zero-order valence-electron chi connectivity index (χ0n) is 9.01. The third kappa shape index (κ3) is 2.80. The number of hydrogen-bond acceptors (Lipinski definition) is 3. The highest BCUT2D eigenvalue weighted by molar-refractivity contribution is 5.73. The van der Waals surface area contributed by atoms with Gasteiger partial charge in [-0.25, -0.2) is 0 Å². The van der Waals surface area contributed by atoms with Crippen LogP contribution in [0.3, 0.4) is 0 Å². The van der Waals surface area contributed by atoms with Crippen LogP contribution in [0, 0.1) is 5.92 Å². The molecule has 0 aromatic heterocycles. The van der Waals surface area contributed by atoms with Gasteiger partial charge < -0.3 is 9.84 Å². The number of aliphatic hydroxyl groups excluding tert-OH is 1. The molecule has 0 radical (unpaired) electrons. The Kier molecular flexibility index (Phi) is 4.31. The van der Waals surface area contributed by atoms with Crippen LogP contribution in [0.4, 0.5) is 0 Å². The predicted octanol–water partition coefficient (Wildman–Crippen LogP) is 1.92. The normalized spacial score (nSPS) is 14.3. The number of aliphatic hydroxyl groups is 1. The Morgan fingerprint density at radius 3 is 2.47 bits per heavy atom. The van der Waals surface area contributed by atoms with Crippen molar-refractivity contribution < 1.29 is 14.6 Å². The highest BCUT2D eigenvalue weighted by Gasteiger charge is 2.26. The molecule has 0 saturated carbocycles. The van der Waals surface area contributed by atoms with E-state index < -0.39 is 12.0 Å². The Hall–Kier alpha value is -1.35. The van der Waals surface area contributed by atoms with Crippen molar-refractivity contribution in [3.8, 4) is 0 Å². The van der Waals surface area contributed by atoms with Gasteiger partial charge in [0, 0.05) is 0 Å². The Bertz CT molecular complexity index is 308. The van der Waals surface area contributed by atoms with Crippen LogP contribution in [0.15, 0.2) is 30.3 Å². The summed E-state index contributed by atoms with van der Waals surface area (Å²) in [5, 5.41) is 9.98. The largest absolute Gasteiger partial charge is 0.469 e. The minimum atomic E-state index is -0.788. The monoisotopic (exact) mass is 208 g/mol. The average Bonchev–Trinajstić information content (AvgIpc) is 2.30. The van der Waals surface area contributed by atoms with Crippen molar-refractivity contribution in [3.63, 3.8) is 0 Å². The highest BCUT2D eigenvalue weighted by atomic mass is 16.5. The van der Waals surface area contributed by atoms with Gasteiger partial charge in [0.25, 0.3) is 0 Å². The van der Waals surface area contributed by atoms with Gasteiger partial charge in [-0.1, -0.05) is 37.3 Å². The summed E-state index contributed by atoms with van der Waals surface area (Å²) in [6, 6.07) is 9.15. The number of methoxy groups -OCH3 is 1. The Morgan fingerprint density at radius 2 is 2.00 bits per heavy atom. The van der Waals surface area contributed by atoms with Crippen molar-refractivity contribution in [2.24, 2.45) is 5.92 Å². The fourth-order valence-corrected chi connectivity index (χ4v) is 1.55. The zero-order chi connectivity index (χ0) is 11.3. The summed E-state index contributed by atoms with van der Waals surface area (Å²) in [6.45, 7) is 1.85. The van der Waals surface area contributed by atoms with E-state index in [1.165, 1.54) is 7.11 Å². The Morgan fingerprint density at radius 1 is 1.40 bits per heavy atom. The lowest BCUT2D eigenvalue weighted by atomic mass is 9.94. The molecule has 0 amide bonds. The lowest BCUT2D eigenvalue weighted by molar-refractivity contribution is -0.149. The Labute approximate surface area is 89.7 Å². The fraction of sp³-hybridized carbons (Fsp3) is 0.417. The van der Waals surface area contributed by atoms with Crippen LogP contribution < -0.4 is 0 Å². The second kappa shape index (κ2) is 5.51. The average molecular weight is 208 g/mol. The molecule has 2 atom stereocenters. The van der Waals surface area contributed by atoms with E-state index in [0.717, 1.165) is 5.56 Å². The van der Waals surface area contributed by atoms with Gasteiger partial charge in [0.1, 0.15) is 0 Å². The van der Waals surface area contributed by atoms with Crippen LogP contribution in [0.1, 0.15) is 25.0 Å². The van der Waals surface area contributed by atoms with Crippen molar-refractivity contribution in [2.75, 3.05) is 7.11 Å². The summed E-state index contributed by atoms with van der Waals surface area (Å²) >= 11 is 0. The van der Waals surface area contributed by atoms with E-state index >= 15 is 0 Å². The third-order valence-electron chi connectivity index (χ3n) is 2.47. The first-order valence-electron chi connectivity index (χ1n) is 5.01. The van der Waals surface area contributed by atoms with E-state index in [1.807, 2.05) is 25.1 Å². The molecule has 0 spiro atoms. The molecule has 1 aromatic carbocycles. The summed E-state index contributed by atoms with van der Waals surface area (Å²) in [5.41, 5.74) is 0.745. The maximum atomic E-state index is 11.4. The lowest BCUT2D eigenvalue weighted by Crippen LogP contribution is -2.22. The molecule has 3 heteroatoms. The molecule has 0 aliphatic carbocycles. The summed E-state index contributed by atoms with van der Waals surface area (Å²) in [4.78, 5) is 11.4. The third-order valence-corrected chi connectivity index (χ3v) is 2.47. The second-order valence-corrected chi connectivity index (χ2v) is 3.39. The molecule has 1 aromatic rings. The van der Waals surface area contributed by atoms with Crippen molar-refractivity contribution in [1.29, 1.82) is 0 Å². The number of carbonyl (C=O) groups is 1. The molecular weight excluding hydrogens is 192 g/mol. The summed E-state index contributed by atoms with van der Waals surface area (Å²) in [5.74, 6) is -0.855. The highest BCUT2D eigenvalue weighted by Crippen LogP contribution is 2.25. The van der Waals surface area contributed by atoms with Crippen molar-refractivity contribution in [1.82, 2.24) is 0 Å². The first kappa shape index (κ1) is 11.7. The van der Waals surface area contributed by atoms with E-state index in [-0.39, 0.29) is 5.97 Å². The molecule has 1 N–H and O–H groups in total. The first-order valence-corrected chi connectivity index (χ1v) is 5.01. The molecule has 0 bridgehead atoms. The van der Waals surface area contributed by atoms with Gasteiger partial charge in [0.2, 0.25) is 0 Å². The molecular formula is C12H16O3. The number of hydrogen-bond donors (Lipinski definition) is 1. The molecule has 0 fully saturated rings. The van der Waals surface area contributed by atoms with Crippen molar-refractivity contribution in [3.05, 3.63) is 35.9 Å². The minimum absolute atomic E-state index is 0.367. The summed E-state index contributed by atoms with van der Waals surface area (Å²) in [7, 11) is 1.34. The molecule has 1 rings (SSSR count). The van der Waals surface area contributed by atoms with Crippen LogP contribution in [0.25, 0.3) is 0 Å². The second-order valence-electron chi connectivity index (χ2n) is 3.39. The molecule has 0 saturated heterocycles. The maximum Gasteiger partial charge on any atom is 0.311 e. The molecule has 0 aliphatic heterocycles. The topological polar surface area (TPSA) is 46.5 Å². The number of ether oxygens (including phenoxy) is 1. The van der Waals surface area contributed by atoms with Gasteiger partial charge in [-0.2, -0.15) is 0 Å². The van der Waals surface area contributed by atoms with Gasteiger partial charge in [0.15, 0.2) is 0 Å². The van der Waals surface area contributed by atoms with E-state index in [4.69, 9.17) is 0 Å². The van der Waals surface area contributed by atoms with E-state index in [2.05, 4.69) is 4.74 Å². The molecule has 0 aliphatic rings. The Balaban J connectivity index is 2.82. The van der Waals surface area contributed by atoms with Gasteiger partial charge in [-0.05, 0) is 12.0 Å². The summed E-state index contributed by atoms with van der Waals surface area (Å²) in [6.07, 6.45) is -0.230. The van der Waals surface area contributed by atoms with Crippen molar-refractivity contribution in [2.45, 2.75) is 19.4 Å². The number of carbonyl (C=O) groups excluding carboxylic acids is 1. The molecule has 15 heavy (non-hydrogen) atoms. The lowest BCUT2D eigenvalue weighted by Gasteiger charge is -2.19. The minimum Gasteiger partial charge on any atom is -0.469 e. The van der Waals surface area contributed by atoms with Gasteiger partial charge in [0.05, 0.1) is 19.1 Å². The molecule has 0 heterocycles. The van der Waals surface area contributed by atoms with Gasteiger partial charge in [-0.3, -0.25) is 4.79 Å². The predicted molar refractivity (Wildman–Crippen MR) is 57.2 cm³/mol. The number of benzene rings is 1. The number of rotatable bonds is 4. The van der Waals surface area contributed by atoms with E-state index in [0.29, 0.717) is 6.42 Å². The molecule has 3 nitrogen and oxygen atoms in total. The van der Waals surface area contributed by atoms with Crippen LogP contribution >= 0.6 is 0 Å². The zero-order valence-corrected chi connectivity index (χ0v) is 9.01. The molecule has 82 valence electrons. The molecule has 0 unspecified atom stereocenters. The number of esters is 1. The van der Waals surface area contributed by atoms with Gasteiger partial charge >= 0.3 is 5.97 Å². The van der Waals surface area contributed by atoms with Crippen LogP contribution in [0.5, 0.6) is 0 Å². The van der Waals surface area contributed by atoms with Crippen LogP contribution in [-0.4, -0.2) is 18.2 Å². The fourth-order valence-electron chi connectivity index (χ4n) is 1.55. The van der Waals surface area contributed by atoms with E-state index in [1.54, 1.807) is 12.1 Å². The van der Waals surface area contributed by atoms with Crippen LogP contribution in [0.2, 0.25) is 0 Å². The standard InChI is InChI=1S/C12H16O3/c1-3-10(12(14)15-2)11(13)9-7-5-4-6-8-9/h4-8,10-11,13H,3H2,1-2H3/t10-,11+/m1/s1. The van der Waals surface area contributed by atoms with Gasteiger partial charge in [-0.15, -0.1) is 0 Å². The van der Waals surface area contributed by atoms with Crippen molar-refractivity contribution >= 4 is 5.97 Å². The first-order chi connectivity index (χ1) is 7.20. The van der Waals surface area contributed by atoms with E-state index in [9.17, 15) is 9.90 Å². The smallest absolute Gasteiger partial charge is 0.311 e. The summed E-state index contributed by atoms with van der Waals surface area (Å²) < 4.78 is 4.65. The van der Waals surface area contributed by atoms with Crippen LogP contribution in [-0.2, 0) is 9.53 Å². The quantitative estimate of drug-likeness (QED) is 0.769. The maximum absolute atomic E-state index is 11.4. The SMILES string of the molecule is CC[C@@H](C(=O)OC)[C@@H](O)c1ccccc1.